The van der Waals surface area contributed by atoms with E-state index in [1.807, 2.05) is 48.2 Å². The predicted octanol–water partition coefficient (Wildman–Crippen LogP) is 3.80. The maximum absolute atomic E-state index is 12.5. The van der Waals surface area contributed by atoms with Crippen molar-refractivity contribution in [2.24, 2.45) is 0 Å². The third-order valence-corrected chi connectivity index (χ3v) is 5.73. The van der Waals surface area contributed by atoms with E-state index in [0.717, 1.165) is 37.0 Å². The molecule has 2 aliphatic heterocycles. The van der Waals surface area contributed by atoms with Gasteiger partial charge in [0.1, 0.15) is 18.0 Å². The van der Waals surface area contributed by atoms with Crippen molar-refractivity contribution in [1.29, 1.82) is 0 Å². The molecule has 2 fully saturated rings. The quantitative estimate of drug-likeness (QED) is 0.817. The summed E-state index contributed by atoms with van der Waals surface area (Å²) in [5.41, 5.74) is 2.34. The molecule has 0 aliphatic carbocycles. The van der Waals surface area contributed by atoms with E-state index in [1.54, 1.807) is 12.1 Å². The van der Waals surface area contributed by atoms with Gasteiger partial charge in [-0.15, -0.1) is 0 Å². The molecule has 1 atom stereocenters. The lowest BCUT2D eigenvalue weighted by Crippen LogP contribution is -2.45. The van der Waals surface area contributed by atoms with Gasteiger partial charge < -0.3 is 19.7 Å². The SMILES string of the molecule is Cc1ccc(NC(=O)c2ccccc2)cc1OC1CCN(C(=O)C2CCCO2)CC1. The van der Waals surface area contributed by atoms with Crippen molar-refractivity contribution in [1.82, 2.24) is 4.90 Å². The highest BCUT2D eigenvalue weighted by molar-refractivity contribution is 6.04. The summed E-state index contributed by atoms with van der Waals surface area (Å²) in [5, 5.41) is 2.93. The van der Waals surface area contributed by atoms with Gasteiger partial charge in [0.2, 0.25) is 0 Å². The number of carbonyl (C=O) groups is 2. The molecule has 4 rings (SSSR count). The number of nitrogens with one attached hydrogen (secondary N) is 1. The first-order chi connectivity index (χ1) is 14.6. The molecular formula is C24H28N2O4. The summed E-state index contributed by atoms with van der Waals surface area (Å²) in [6.07, 6.45) is 3.17. The summed E-state index contributed by atoms with van der Waals surface area (Å²) < 4.78 is 11.8. The first-order valence-electron chi connectivity index (χ1n) is 10.6. The van der Waals surface area contributed by atoms with Crippen molar-refractivity contribution in [2.75, 3.05) is 25.0 Å². The van der Waals surface area contributed by atoms with Gasteiger partial charge in [-0.3, -0.25) is 9.59 Å². The number of rotatable bonds is 5. The number of ether oxygens (including phenoxy) is 2. The summed E-state index contributed by atoms with van der Waals surface area (Å²) in [4.78, 5) is 26.8. The minimum absolute atomic E-state index is 0.0531. The highest BCUT2D eigenvalue weighted by Crippen LogP contribution is 2.27. The Kier molecular flexibility index (Phi) is 6.33. The number of aryl methyl sites for hydroxylation is 1. The largest absolute Gasteiger partial charge is 0.490 e. The molecule has 0 saturated carbocycles. The van der Waals surface area contributed by atoms with Gasteiger partial charge in [-0.1, -0.05) is 24.3 Å². The molecule has 30 heavy (non-hydrogen) atoms. The number of piperidine rings is 1. The molecule has 158 valence electrons. The van der Waals surface area contributed by atoms with Gasteiger partial charge in [-0.25, -0.2) is 0 Å². The van der Waals surface area contributed by atoms with E-state index >= 15 is 0 Å². The molecule has 2 aromatic rings. The zero-order valence-electron chi connectivity index (χ0n) is 17.3. The van der Waals surface area contributed by atoms with E-state index in [9.17, 15) is 9.59 Å². The number of benzene rings is 2. The fourth-order valence-corrected chi connectivity index (χ4v) is 3.95. The average molecular weight is 408 g/mol. The Morgan fingerprint density at radius 3 is 2.53 bits per heavy atom. The molecular weight excluding hydrogens is 380 g/mol. The van der Waals surface area contributed by atoms with Crippen LogP contribution < -0.4 is 10.1 Å². The van der Waals surface area contributed by atoms with Crippen LogP contribution in [0, 0.1) is 6.92 Å². The van der Waals surface area contributed by atoms with Crippen LogP contribution in [-0.4, -0.2) is 48.6 Å². The van der Waals surface area contributed by atoms with Gasteiger partial charge >= 0.3 is 0 Å². The second kappa shape index (κ2) is 9.30. The first-order valence-corrected chi connectivity index (χ1v) is 10.6. The monoisotopic (exact) mass is 408 g/mol. The molecule has 0 spiro atoms. The summed E-state index contributed by atoms with van der Waals surface area (Å²) in [6.45, 7) is 4.06. The fourth-order valence-electron chi connectivity index (χ4n) is 3.95. The van der Waals surface area contributed by atoms with Gasteiger partial charge in [0.25, 0.3) is 11.8 Å². The lowest BCUT2D eigenvalue weighted by atomic mass is 10.1. The molecule has 0 bridgehead atoms. The highest BCUT2D eigenvalue weighted by atomic mass is 16.5. The first kappa shape index (κ1) is 20.4. The molecule has 1 N–H and O–H groups in total. The lowest BCUT2D eigenvalue weighted by Gasteiger charge is -2.33. The summed E-state index contributed by atoms with van der Waals surface area (Å²) in [7, 11) is 0. The number of amides is 2. The van der Waals surface area contributed by atoms with E-state index in [1.165, 1.54) is 0 Å². The minimum Gasteiger partial charge on any atom is -0.490 e. The number of carbonyl (C=O) groups excluding carboxylic acids is 2. The van der Waals surface area contributed by atoms with Crippen LogP contribution >= 0.6 is 0 Å². The summed E-state index contributed by atoms with van der Waals surface area (Å²) >= 11 is 0. The zero-order chi connectivity index (χ0) is 20.9. The van der Waals surface area contributed by atoms with E-state index in [4.69, 9.17) is 9.47 Å². The van der Waals surface area contributed by atoms with E-state index in [-0.39, 0.29) is 24.0 Å². The Hall–Kier alpha value is -2.86. The normalized spacial score (nSPS) is 19.5. The number of anilines is 1. The predicted molar refractivity (Wildman–Crippen MR) is 115 cm³/mol. The fraction of sp³-hybridized carbons (Fsp3) is 0.417. The van der Waals surface area contributed by atoms with Crippen molar-refractivity contribution in [3.8, 4) is 5.75 Å². The Balaban J connectivity index is 1.34. The Morgan fingerprint density at radius 1 is 1.07 bits per heavy atom. The number of hydrogen-bond donors (Lipinski definition) is 1. The van der Waals surface area contributed by atoms with Crippen LogP contribution in [0.1, 0.15) is 41.6 Å². The van der Waals surface area contributed by atoms with Crippen LogP contribution in [-0.2, 0) is 9.53 Å². The van der Waals surface area contributed by atoms with Crippen molar-refractivity contribution < 1.29 is 19.1 Å². The van der Waals surface area contributed by atoms with Gasteiger partial charge in [-0.05, 0) is 43.5 Å². The van der Waals surface area contributed by atoms with Crippen LogP contribution in [0.2, 0.25) is 0 Å². The maximum atomic E-state index is 12.5. The third-order valence-electron chi connectivity index (χ3n) is 5.73. The molecule has 0 radical (unpaired) electrons. The Bertz CT molecular complexity index is 885. The third kappa shape index (κ3) is 4.82. The van der Waals surface area contributed by atoms with Crippen molar-refractivity contribution in [3.05, 3.63) is 59.7 Å². The zero-order valence-corrected chi connectivity index (χ0v) is 17.3. The molecule has 2 saturated heterocycles. The van der Waals surface area contributed by atoms with Gasteiger partial charge in [0.05, 0.1) is 0 Å². The second-order valence-corrected chi connectivity index (χ2v) is 7.94. The lowest BCUT2D eigenvalue weighted by molar-refractivity contribution is -0.142. The Labute approximate surface area is 177 Å². The van der Waals surface area contributed by atoms with Crippen molar-refractivity contribution >= 4 is 17.5 Å². The van der Waals surface area contributed by atoms with Crippen molar-refractivity contribution in [2.45, 2.75) is 44.8 Å². The standard InChI is InChI=1S/C24H28N2O4/c1-17-9-10-19(25-23(27)18-6-3-2-4-7-18)16-22(17)30-20-11-13-26(14-12-20)24(28)21-8-5-15-29-21/h2-4,6-7,9-10,16,20-21H,5,8,11-15H2,1H3,(H,25,27). The van der Waals surface area contributed by atoms with Crippen LogP contribution in [0.5, 0.6) is 5.75 Å². The minimum atomic E-state index is -0.255. The number of nitrogens with zero attached hydrogens (tertiary/aromatic N) is 1. The van der Waals surface area contributed by atoms with Gasteiger partial charge in [0, 0.05) is 49.9 Å². The Morgan fingerprint density at radius 2 is 1.83 bits per heavy atom. The van der Waals surface area contributed by atoms with Crippen LogP contribution in [0.3, 0.4) is 0 Å². The topological polar surface area (TPSA) is 67.9 Å². The molecule has 0 aromatic heterocycles. The summed E-state index contributed by atoms with van der Waals surface area (Å²) in [6, 6.07) is 14.8. The highest BCUT2D eigenvalue weighted by Gasteiger charge is 2.31. The van der Waals surface area contributed by atoms with Gasteiger partial charge in [-0.2, -0.15) is 0 Å². The van der Waals surface area contributed by atoms with E-state index < -0.39 is 0 Å². The van der Waals surface area contributed by atoms with E-state index in [0.29, 0.717) is 30.9 Å². The molecule has 6 nitrogen and oxygen atoms in total. The molecule has 6 heteroatoms. The number of hydrogen-bond acceptors (Lipinski definition) is 4. The molecule has 2 heterocycles. The van der Waals surface area contributed by atoms with Crippen LogP contribution in [0.25, 0.3) is 0 Å². The second-order valence-electron chi connectivity index (χ2n) is 7.94. The average Bonchev–Trinajstić information content (AvgIpc) is 3.32. The maximum Gasteiger partial charge on any atom is 0.255 e. The molecule has 1 unspecified atom stereocenters. The molecule has 2 aliphatic rings. The van der Waals surface area contributed by atoms with E-state index in [2.05, 4.69) is 5.32 Å². The number of likely N-dealkylation sites (tertiary alicyclic amines) is 1. The van der Waals surface area contributed by atoms with Crippen molar-refractivity contribution in [3.63, 3.8) is 0 Å². The van der Waals surface area contributed by atoms with Crippen LogP contribution in [0.4, 0.5) is 5.69 Å². The smallest absolute Gasteiger partial charge is 0.255 e. The summed E-state index contributed by atoms with van der Waals surface area (Å²) in [5.74, 6) is 0.740. The van der Waals surface area contributed by atoms with Gasteiger partial charge in [0.15, 0.2) is 0 Å². The van der Waals surface area contributed by atoms with Crippen LogP contribution in [0.15, 0.2) is 48.5 Å². The molecule has 2 aromatic carbocycles. The molecule has 2 amide bonds.